The Kier molecular flexibility index (Phi) is 3.77. The maximum atomic E-state index is 10.4. The molecule has 7 heteroatoms. The van der Waals surface area contributed by atoms with Crippen LogP contribution >= 0.6 is 0 Å². The van der Waals surface area contributed by atoms with Crippen molar-refractivity contribution in [3.63, 3.8) is 0 Å². The van der Waals surface area contributed by atoms with E-state index in [1.807, 2.05) is 0 Å². The van der Waals surface area contributed by atoms with Crippen molar-refractivity contribution in [3.8, 4) is 0 Å². The molecule has 0 aliphatic carbocycles. The van der Waals surface area contributed by atoms with Crippen LogP contribution < -0.4 is 5.73 Å². The summed E-state index contributed by atoms with van der Waals surface area (Å²) in [7, 11) is 0. The molecule has 2 rings (SSSR count). The molecule has 1 heterocycles. The van der Waals surface area contributed by atoms with Gasteiger partial charge in [0.2, 0.25) is 5.79 Å². The van der Waals surface area contributed by atoms with Gasteiger partial charge in [-0.05, 0) is 12.1 Å². The zero-order valence-corrected chi connectivity index (χ0v) is 10.0. The average Bonchev–Trinajstić information content (AvgIpc) is 2.41. The molecule has 1 aliphatic rings. The van der Waals surface area contributed by atoms with Crippen LogP contribution in [0.2, 0.25) is 0 Å². The summed E-state index contributed by atoms with van der Waals surface area (Å²) >= 11 is 0. The highest BCUT2D eigenvalue weighted by Gasteiger charge is 2.53. The van der Waals surface area contributed by atoms with Crippen LogP contribution in [0.4, 0.5) is 5.69 Å². The van der Waals surface area contributed by atoms with E-state index >= 15 is 0 Å². The quantitative estimate of drug-likeness (QED) is 0.339. The minimum absolute atomic E-state index is 0.165. The first-order valence-electron chi connectivity index (χ1n) is 5.81. The van der Waals surface area contributed by atoms with Gasteiger partial charge in [-0.15, -0.1) is 0 Å². The van der Waals surface area contributed by atoms with Gasteiger partial charge in [-0.1, -0.05) is 12.1 Å². The molecular formula is C12H17NO6. The van der Waals surface area contributed by atoms with E-state index in [0.29, 0.717) is 5.69 Å². The zero-order valence-electron chi connectivity index (χ0n) is 10.0. The van der Waals surface area contributed by atoms with Crippen molar-refractivity contribution in [2.24, 2.45) is 0 Å². The second-order valence-corrected chi connectivity index (χ2v) is 4.58. The van der Waals surface area contributed by atoms with Crippen LogP contribution in [0.25, 0.3) is 0 Å². The number of aliphatic hydroxyl groups excluding tert-OH is 4. The minimum atomic E-state index is -2.22. The number of anilines is 1. The van der Waals surface area contributed by atoms with E-state index in [9.17, 15) is 20.4 Å². The van der Waals surface area contributed by atoms with Crippen LogP contribution in [0, 0.1) is 0 Å². The van der Waals surface area contributed by atoms with E-state index in [2.05, 4.69) is 0 Å². The fourth-order valence-corrected chi connectivity index (χ4v) is 2.11. The van der Waals surface area contributed by atoms with Crippen LogP contribution in [0.1, 0.15) is 5.56 Å². The molecule has 0 aromatic heterocycles. The number of nitrogens with two attached hydrogens (primary N) is 1. The lowest BCUT2D eigenvalue weighted by Crippen LogP contribution is -2.63. The van der Waals surface area contributed by atoms with E-state index in [0.717, 1.165) is 0 Å². The molecule has 0 spiro atoms. The summed E-state index contributed by atoms with van der Waals surface area (Å²) in [6.07, 6.45) is -6.10. The second-order valence-electron chi connectivity index (χ2n) is 4.58. The normalized spacial score (nSPS) is 39.2. The Balaban J connectivity index is 2.37. The summed E-state index contributed by atoms with van der Waals surface area (Å²) in [5.74, 6) is -2.22. The van der Waals surface area contributed by atoms with Gasteiger partial charge in [0.25, 0.3) is 0 Å². The van der Waals surface area contributed by atoms with Gasteiger partial charge < -0.3 is 36.0 Å². The fraction of sp³-hybridized carbons (Fsp3) is 0.500. The minimum Gasteiger partial charge on any atom is -0.399 e. The van der Waals surface area contributed by atoms with Crippen LogP contribution in [-0.4, -0.2) is 56.6 Å². The third-order valence-electron chi connectivity index (χ3n) is 3.29. The summed E-state index contributed by atoms with van der Waals surface area (Å²) in [5, 5.41) is 48.7. The summed E-state index contributed by atoms with van der Waals surface area (Å²) < 4.78 is 5.15. The maximum absolute atomic E-state index is 10.4. The van der Waals surface area contributed by atoms with Crippen molar-refractivity contribution in [3.05, 3.63) is 29.8 Å². The average molecular weight is 271 g/mol. The van der Waals surface area contributed by atoms with E-state index < -0.39 is 36.8 Å². The second kappa shape index (κ2) is 5.04. The largest absolute Gasteiger partial charge is 0.399 e. The number of hydrogen-bond donors (Lipinski definition) is 6. The van der Waals surface area contributed by atoms with E-state index in [1.54, 1.807) is 0 Å². The highest BCUT2D eigenvalue weighted by molar-refractivity contribution is 5.41. The first kappa shape index (κ1) is 14.2. The number of ether oxygens (including phenoxy) is 1. The van der Waals surface area contributed by atoms with Gasteiger partial charge in [-0.2, -0.15) is 0 Å². The molecule has 5 atom stereocenters. The van der Waals surface area contributed by atoms with Gasteiger partial charge >= 0.3 is 0 Å². The topological polar surface area (TPSA) is 136 Å². The Morgan fingerprint density at radius 2 is 1.68 bits per heavy atom. The number of rotatable bonds is 2. The molecule has 1 fully saturated rings. The Labute approximate surface area is 109 Å². The van der Waals surface area contributed by atoms with Crippen LogP contribution in [0.5, 0.6) is 0 Å². The van der Waals surface area contributed by atoms with Crippen LogP contribution in [-0.2, 0) is 10.5 Å². The number of aliphatic hydroxyl groups is 5. The predicted molar refractivity (Wildman–Crippen MR) is 64.7 cm³/mol. The van der Waals surface area contributed by atoms with Gasteiger partial charge in [0.05, 0.1) is 6.61 Å². The van der Waals surface area contributed by atoms with Crippen molar-refractivity contribution in [1.82, 2.24) is 0 Å². The lowest BCUT2D eigenvalue weighted by atomic mass is 9.88. The summed E-state index contributed by atoms with van der Waals surface area (Å²) in [4.78, 5) is 0. The molecular weight excluding hydrogens is 254 g/mol. The van der Waals surface area contributed by atoms with Crippen molar-refractivity contribution >= 4 is 5.69 Å². The van der Waals surface area contributed by atoms with Crippen LogP contribution in [0.3, 0.4) is 0 Å². The molecule has 1 aromatic carbocycles. The first-order chi connectivity index (χ1) is 8.90. The molecule has 0 radical (unpaired) electrons. The number of benzene rings is 1. The van der Waals surface area contributed by atoms with Gasteiger partial charge in [0.15, 0.2) is 0 Å². The Morgan fingerprint density at radius 1 is 1.11 bits per heavy atom. The summed E-state index contributed by atoms with van der Waals surface area (Å²) in [6.45, 7) is -0.609. The van der Waals surface area contributed by atoms with Crippen molar-refractivity contribution < 1.29 is 30.3 Å². The molecule has 1 aliphatic heterocycles. The zero-order chi connectivity index (χ0) is 14.2. The third kappa shape index (κ3) is 2.32. The van der Waals surface area contributed by atoms with E-state index in [1.165, 1.54) is 24.3 Å². The van der Waals surface area contributed by atoms with Gasteiger partial charge in [-0.25, -0.2) is 0 Å². The molecule has 1 saturated heterocycles. The maximum Gasteiger partial charge on any atom is 0.222 e. The van der Waals surface area contributed by atoms with E-state index in [-0.39, 0.29) is 5.56 Å². The lowest BCUT2D eigenvalue weighted by Gasteiger charge is -2.45. The first-order valence-corrected chi connectivity index (χ1v) is 5.81. The molecule has 106 valence electrons. The molecule has 19 heavy (non-hydrogen) atoms. The summed E-state index contributed by atoms with van der Waals surface area (Å²) in [5.41, 5.74) is 6.14. The number of hydrogen-bond acceptors (Lipinski definition) is 7. The van der Waals surface area contributed by atoms with E-state index in [4.69, 9.17) is 15.6 Å². The third-order valence-corrected chi connectivity index (χ3v) is 3.29. The van der Waals surface area contributed by atoms with Gasteiger partial charge in [0, 0.05) is 11.3 Å². The molecule has 0 bridgehead atoms. The van der Waals surface area contributed by atoms with Crippen molar-refractivity contribution in [1.29, 1.82) is 0 Å². The number of nitrogen functional groups attached to an aromatic ring is 1. The van der Waals surface area contributed by atoms with Crippen molar-refractivity contribution in [2.45, 2.75) is 30.2 Å². The molecule has 0 amide bonds. The SMILES string of the molecule is Nc1ccc(C2(O)O[C@H](CO)[C@@H](O)[C@H](O)[C@H]2O)cc1. The van der Waals surface area contributed by atoms with Crippen molar-refractivity contribution in [2.75, 3.05) is 12.3 Å². The lowest BCUT2D eigenvalue weighted by molar-refractivity contribution is -0.357. The Hall–Kier alpha value is -1.22. The van der Waals surface area contributed by atoms with Gasteiger partial charge in [0.1, 0.15) is 24.4 Å². The molecule has 7 nitrogen and oxygen atoms in total. The van der Waals surface area contributed by atoms with Crippen LogP contribution in [0.15, 0.2) is 24.3 Å². The summed E-state index contributed by atoms with van der Waals surface area (Å²) in [6, 6.07) is 5.85. The highest BCUT2D eigenvalue weighted by atomic mass is 16.7. The standard InChI is InChI=1S/C12H17NO6/c13-7-3-1-6(2-4-7)12(18)11(17)10(16)9(15)8(5-14)19-12/h1-4,8-11,14-18H,5,13H2/t8-,9-,10+,11-,12?/m1/s1. The Bertz CT molecular complexity index is 436. The smallest absolute Gasteiger partial charge is 0.222 e. The highest BCUT2D eigenvalue weighted by Crippen LogP contribution is 2.36. The Morgan fingerprint density at radius 3 is 2.21 bits per heavy atom. The fourth-order valence-electron chi connectivity index (χ4n) is 2.11. The molecule has 1 aromatic rings. The molecule has 7 N–H and O–H groups in total. The molecule has 0 saturated carbocycles. The molecule has 1 unspecified atom stereocenters. The monoisotopic (exact) mass is 271 g/mol. The predicted octanol–water partition coefficient (Wildman–Crippen LogP) is -2.11. The van der Waals surface area contributed by atoms with Gasteiger partial charge in [-0.3, -0.25) is 0 Å².